The molecule has 2 heterocycles. The van der Waals surface area contributed by atoms with Crippen LogP contribution in [0.4, 0.5) is 0 Å². The van der Waals surface area contributed by atoms with Gasteiger partial charge in [-0.2, -0.15) is 5.10 Å². The molecule has 1 N–H and O–H groups in total. The first-order chi connectivity index (χ1) is 10.2. The van der Waals surface area contributed by atoms with Gasteiger partial charge in [-0.25, -0.2) is 0 Å². The first-order valence-electron chi connectivity index (χ1n) is 7.67. The minimum absolute atomic E-state index is 0.610. The second-order valence-electron chi connectivity index (χ2n) is 6.15. The lowest BCUT2D eigenvalue weighted by atomic mass is 10.1. The highest BCUT2D eigenvalue weighted by molar-refractivity contribution is 8.00. The Bertz CT molecular complexity index is 566. The van der Waals surface area contributed by atoms with E-state index >= 15 is 0 Å². The number of hydrogen-bond donors (Lipinski definition) is 1. The molecule has 0 saturated carbocycles. The normalized spacial score (nSPS) is 17.4. The summed E-state index contributed by atoms with van der Waals surface area (Å²) in [5.74, 6) is 0.688. The Morgan fingerprint density at radius 2 is 2.24 bits per heavy atom. The number of fused-ring (bicyclic) bond motifs is 1. The fraction of sp³-hybridized carbons (Fsp3) is 0.471. The molecular weight excluding hydrogens is 278 g/mol. The van der Waals surface area contributed by atoms with E-state index in [1.807, 2.05) is 18.0 Å². The Hall–Kier alpha value is -1.26. The van der Waals surface area contributed by atoms with Crippen molar-refractivity contribution in [2.45, 2.75) is 43.5 Å². The second kappa shape index (κ2) is 6.67. The molecule has 3 rings (SSSR count). The maximum absolute atomic E-state index is 4.50. The molecule has 1 unspecified atom stereocenters. The van der Waals surface area contributed by atoms with Gasteiger partial charge < -0.3 is 5.32 Å². The molecular formula is C17H23N3S. The monoisotopic (exact) mass is 301 g/mol. The number of nitrogens with zero attached hydrogens (tertiary/aromatic N) is 2. The third-order valence-electron chi connectivity index (χ3n) is 3.67. The standard InChI is InChI=1S/C17H23N3S/c1-13(2)8-18-9-14-10-19-20(11-14)12-16-7-15-5-3-4-6-17(15)21-16/h3-6,10-11,13,16,18H,7-9,12H2,1-2H3. The van der Waals surface area contributed by atoms with Gasteiger partial charge in [0, 0.05) is 28.5 Å². The highest BCUT2D eigenvalue weighted by atomic mass is 32.2. The van der Waals surface area contributed by atoms with Crippen molar-refractivity contribution in [2.24, 2.45) is 5.92 Å². The molecule has 1 aromatic carbocycles. The molecule has 1 aliphatic heterocycles. The molecule has 0 aliphatic carbocycles. The van der Waals surface area contributed by atoms with E-state index in [9.17, 15) is 0 Å². The minimum Gasteiger partial charge on any atom is -0.312 e. The zero-order chi connectivity index (χ0) is 14.7. The summed E-state index contributed by atoms with van der Waals surface area (Å²) in [6, 6.07) is 8.73. The van der Waals surface area contributed by atoms with Crippen LogP contribution in [0.25, 0.3) is 0 Å². The van der Waals surface area contributed by atoms with Gasteiger partial charge >= 0.3 is 0 Å². The van der Waals surface area contributed by atoms with Gasteiger partial charge in [0.15, 0.2) is 0 Å². The summed E-state index contributed by atoms with van der Waals surface area (Å²) in [6.07, 6.45) is 5.32. The predicted molar refractivity (Wildman–Crippen MR) is 88.6 cm³/mol. The molecule has 2 aromatic rings. The summed E-state index contributed by atoms with van der Waals surface area (Å²) in [7, 11) is 0. The smallest absolute Gasteiger partial charge is 0.0534 e. The van der Waals surface area contributed by atoms with Gasteiger partial charge in [-0.1, -0.05) is 32.0 Å². The van der Waals surface area contributed by atoms with E-state index in [1.165, 1.54) is 16.0 Å². The van der Waals surface area contributed by atoms with Crippen LogP contribution in [-0.4, -0.2) is 21.6 Å². The molecule has 1 atom stereocenters. The van der Waals surface area contributed by atoms with Crippen molar-refractivity contribution in [3.8, 4) is 0 Å². The Labute approximate surface area is 131 Å². The van der Waals surface area contributed by atoms with Gasteiger partial charge in [0.05, 0.1) is 12.7 Å². The fourth-order valence-corrected chi connectivity index (χ4v) is 3.98. The van der Waals surface area contributed by atoms with Crippen molar-refractivity contribution in [3.63, 3.8) is 0 Å². The second-order valence-corrected chi connectivity index (χ2v) is 7.49. The Kier molecular flexibility index (Phi) is 4.66. The first-order valence-corrected chi connectivity index (χ1v) is 8.55. The van der Waals surface area contributed by atoms with Gasteiger partial charge in [-0.3, -0.25) is 4.68 Å². The third kappa shape index (κ3) is 3.89. The van der Waals surface area contributed by atoms with E-state index in [0.717, 1.165) is 26.1 Å². The summed E-state index contributed by atoms with van der Waals surface area (Å²) in [4.78, 5) is 1.44. The summed E-state index contributed by atoms with van der Waals surface area (Å²) < 4.78 is 2.09. The fourth-order valence-electron chi connectivity index (χ4n) is 2.67. The Morgan fingerprint density at radius 1 is 1.38 bits per heavy atom. The molecule has 0 bridgehead atoms. The maximum atomic E-state index is 4.50. The van der Waals surface area contributed by atoms with E-state index < -0.39 is 0 Å². The van der Waals surface area contributed by atoms with Crippen LogP contribution in [0.5, 0.6) is 0 Å². The molecule has 4 heteroatoms. The summed E-state index contributed by atoms with van der Waals surface area (Å²) in [6.45, 7) is 7.41. The lowest BCUT2D eigenvalue weighted by molar-refractivity contribution is 0.551. The molecule has 112 valence electrons. The average Bonchev–Trinajstić information content (AvgIpc) is 3.04. The Balaban J connectivity index is 1.52. The highest BCUT2D eigenvalue weighted by Crippen LogP contribution is 2.37. The number of nitrogens with one attached hydrogen (secondary N) is 1. The van der Waals surface area contributed by atoms with Crippen molar-refractivity contribution < 1.29 is 0 Å². The minimum atomic E-state index is 0.610. The van der Waals surface area contributed by atoms with Gasteiger partial charge in [0.1, 0.15) is 0 Å². The van der Waals surface area contributed by atoms with Crippen molar-refractivity contribution in [1.82, 2.24) is 15.1 Å². The van der Waals surface area contributed by atoms with E-state index in [-0.39, 0.29) is 0 Å². The van der Waals surface area contributed by atoms with Crippen LogP contribution < -0.4 is 5.32 Å². The average molecular weight is 301 g/mol. The molecule has 0 saturated heterocycles. The zero-order valence-corrected chi connectivity index (χ0v) is 13.6. The Morgan fingerprint density at radius 3 is 3.05 bits per heavy atom. The predicted octanol–water partition coefficient (Wildman–Crippen LogP) is 3.35. The number of thioether (sulfide) groups is 1. The molecule has 21 heavy (non-hydrogen) atoms. The quantitative estimate of drug-likeness (QED) is 0.887. The van der Waals surface area contributed by atoms with Crippen molar-refractivity contribution >= 4 is 11.8 Å². The van der Waals surface area contributed by atoms with Crippen LogP contribution in [0.15, 0.2) is 41.6 Å². The van der Waals surface area contributed by atoms with Gasteiger partial charge in [-0.05, 0) is 30.5 Å². The van der Waals surface area contributed by atoms with Crippen LogP contribution in [0.1, 0.15) is 25.0 Å². The lowest BCUT2D eigenvalue weighted by Gasteiger charge is -2.08. The van der Waals surface area contributed by atoms with Crippen molar-refractivity contribution in [2.75, 3.05) is 6.54 Å². The van der Waals surface area contributed by atoms with E-state index in [2.05, 4.69) is 59.4 Å². The van der Waals surface area contributed by atoms with Crippen molar-refractivity contribution in [1.29, 1.82) is 0 Å². The van der Waals surface area contributed by atoms with Crippen LogP contribution in [0, 0.1) is 5.92 Å². The molecule has 1 aromatic heterocycles. The largest absolute Gasteiger partial charge is 0.312 e. The maximum Gasteiger partial charge on any atom is 0.0534 e. The van der Waals surface area contributed by atoms with Gasteiger partial charge in [0.2, 0.25) is 0 Å². The molecule has 0 fully saturated rings. The number of aromatic nitrogens is 2. The number of benzene rings is 1. The van der Waals surface area contributed by atoms with Crippen molar-refractivity contribution in [3.05, 3.63) is 47.8 Å². The summed E-state index contributed by atoms with van der Waals surface area (Å²) in [5, 5.41) is 8.58. The molecule has 0 spiro atoms. The van der Waals surface area contributed by atoms with Crippen LogP contribution >= 0.6 is 11.8 Å². The van der Waals surface area contributed by atoms with E-state index in [4.69, 9.17) is 0 Å². The van der Waals surface area contributed by atoms with E-state index in [1.54, 1.807) is 0 Å². The summed E-state index contributed by atoms with van der Waals surface area (Å²) in [5.41, 5.74) is 2.76. The first kappa shape index (κ1) is 14.7. The van der Waals surface area contributed by atoms with Gasteiger partial charge in [0.25, 0.3) is 0 Å². The zero-order valence-electron chi connectivity index (χ0n) is 12.7. The topological polar surface area (TPSA) is 29.9 Å². The number of rotatable bonds is 6. The number of hydrogen-bond acceptors (Lipinski definition) is 3. The van der Waals surface area contributed by atoms with E-state index in [0.29, 0.717) is 11.2 Å². The molecule has 0 radical (unpaired) electrons. The third-order valence-corrected chi connectivity index (χ3v) is 4.97. The van der Waals surface area contributed by atoms with Crippen LogP contribution in [-0.2, 0) is 19.5 Å². The molecule has 1 aliphatic rings. The van der Waals surface area contributed by atoms with Gasteiger partial charge in [-0.15, -0.1) is 11.8 Å². The SMILES string of the molecule is CC(C)CNCc1cnn(CC2Cc3ccccc3S2)c1. The van der Waals surface area contributed by atoms with Crippen LogP contribution in [0.2, 0.25) is 0 Å². The molecule has 3 nitrogen and oxygen atoms in total. The molecule has 0 amide bonds. The van der Waals surface area contributed by atoms with Crippen LogP contribution in [0.3, 0.4) is 0 Å². The summed E-state index contributed by atoms with van der Waals surface area (Å²) >= 11 is 1.99. The highest BCUT2D eigenvalue weighted by Gasteiger charge is 2.22. The lowest BCUT2D eigenvalue weighted by Crippen LogP contribution is -2.18.